The van der Waals surface area contributed by atoms with Gasteiger partial charge < -0.3 is 10.0 Å². The average Bonchev–Trinajstić information content (AvgIpc) is 2.52. The smallest absolute Gasteiger partial charge is 0.303 e. The molecule has 5 heteroatoms. The number of carboxylic acid groups (broad SMARTS) is 1. The van der Waals surface area contributed by atoms with Crippen molar-refractivity contribution in [3.8, 4) is 0 Å². The van der Waals surface area contributed by atoms with Gasteiger partial charge in [-0.25, -0.2) is 4.39 Å². The lowest BCUT2D eigenvalue weighted by molar-refractivity contribution is -0.143. The zero-order valence-electron chi connectivity index (χ0n) is 13.8. The number of carbonyl (C=O) groups is 2. The molecule has 1 atom stereocenters. The van der Waals surface area contributed by atoms with Crippen molar-refractivity contribution in [3.63, 3.8) is 0 Å². The van der Waals surface area contributed by atoms with E-state index >= 15 is 0 Å². The summed E-state index contributed by atoms with van der Waals surface area (Å²) in [6, 6.07) is 6.42. The lowest BCUT2D eigenvalue weighted by Crippen LogP contribution is -2.53. The molecule has 0 radical (unpaired) electrons. The summed E-state index contributed by atoms with van der Waals surface area (Å²) in [6.07, 6.45) is 5.18. The molecule has 0 aromatic heterocycles. The van der Waals surface area contributed by atoms with Crippen LogP contribution in [0.3, 0.4) is 0 Å². The van der Waals surface area contributed by atoms with Crippen LogP contribution in [0.25, 0.3) is 0 Å². The summed E-state index contributed by atoms with van der Waals surface area (Å²) in [4.78, 5) is 25.8. The van der Waals surface area contributed by atoms with Gasteiger partial charge in [0.1, 0.15) is 5.82 Å². The normalized spacial score (nSPS) is 22.7. The van der Waals surface area contributed by atoms with Crippen LogP contribution in [-0.4, -0.2) is 35.0 Å². The maximum atomic E-state index is 13.6. The molecule has 1 saturated carbocycles. The first kappa shape index (κ1) is 16.9. The number of amides is 1. The van der Waals surface area contributed by atoms with Gasteiger partial charge in [-0.05, 0) is 55.7 Å². The summed E-state index contributed by atoms with van der Waals surface area (Å²) in [5.41, 5.74) is 0.211. The molecule has 130 valence electrons. The molecule has 1 aliphatic carbocycles. The molecule has 1 aliphatic heterocycles. The third-order valence-corrected chi connectivity index (χ3v) is 5.57. The highest BCUT2D eigenvalue weighted by Gasteiger charge is 2.48. The molecule has 0 unspecified atom stereocenters. The minimum Gasteiger partial charge on any atom is -0.481 e. The first-order chi connectivity index (χ1) is 11.5. The van der Waals surface area contributed by atoms with Crippen LogP contribution in [0.4, 0.5) is 4.39 Å². The van der Waals surface area contributed by atoms with E-state index in [2.05, 4.69) is 0 Å². The molecule has 2 fully saturated rings. The average molecular weight is 333 g/mol. The van der Waals surface area contributed by atoms with Crippen molar-refractivity contribution in [1.82, 2.24) is 4.90 Å². The van der Waals surface area contributed by atoms with Crippen LogP contribution < -0.4 is 0 Å². The molecule has 1 aromatic rings. The number of rotatable bonds is 5. The lowest BCUT2D eigenvalue weighted by atomic mass is 9.63. The monoisotopic (exact) mass is 333 g/mol. The summed E-state index contributed by atoms with van der Waals surface area (Å²) in [5, 5.41) is 8.85. The Hall–Kier alpha value is -1.91. The topological polar surface area (TPSA) is 57.6 Å². The molecular weight excluding hydrogens is 309 g/mol. The molecular formula is C19H24FNO3. The van der Waals surface area contributed by atoms with Crippen LogP contribution in [0.2, 0.25) is 0 Å². The molecule has 1 amide bonds. The molecule has 24 heavy (non-hydrogen) atoms. The van der Waals surface area contributed by atoms with Crippen molar-refractivity contribution in [3.05, 3.63) is 35.6 Å². The molecule has 0 bridgehead atoms. The predicted octanol–water partition coefficient (Wildman–Crippen LogP) is 3.35. The second-order valence-electron chi connectivity index (χ2n) is 7.14. The van der Waals surface area contributed by atoms with E-state index in [0.717, 1.165) is 44.2 Å². The minimum absolute atomic E-state index is 0.0966. The number of hydrogen-bond donors (Lipinski definition) is 1. The summed E-state index contributed by atoms with van der Waals surface area (Å²) in [7, 11) is 0. The summed E-state index contributed by atoms with van der Waals surface area (Å²) in [6.45, 7) is 1.35. The second-order valence-corrected chi connectivity index (χ2v) is 7.14. The fourth-order valence-corrected chi connectivity index (χ4v) is 4.06. The third-order valence-electron chi connectivity index (χ3n) is 5.57. The quantitative estimate of drug-likeness (QED) is 0.899. The van der Waals surface area contributed by atoms with E-state index < -0.39 is 11.4 Å². The predicted molar refractivity (Wildman–Crippen MR) is 88.1 cm³/mol. The highest BCUT2D eigenvalue weighted by molar-refractivity contribution is 5.89. The van der Waals surface area contributed by atoms with Gasteiger partial charge in [-0.1, -0.05) is 18.6 Å². The fourth-order valence-electron chi connectivity index (χ4n) is 4.06. The third kappa shape index (κ3) is 3.30. The van der Waals surface area contributed by atoms with Gasteiger partial charge in [0, 0.05) is 19.5 Å². The highest BCUT2D eigenvalue weighted by Crippen LogP contribution is 2.46. The van der Waals surface area contributed by atoms with Crippen molar-refractivity contribution < 1.29 is 19.1 Å². The SMILES string of the molecule is O=C(O)CC[C@H]1CCCN(C(=O)C2(c3cccc(F)c3)CCC2)C1. The largest absolute Gasteiger partial charge is 0.481 e. The Bertz CT molecular complexity index is 627. The Morgan fingerprint density at radius 2 is 2.08 bits per heavy atom. The van der Waals surface area contributed by atoms with Gasteiger partial charge in [0.05, 0.1) is 5.41 Å². The standard InChI is InChI=1S/C19H24FNO3/c20-16-6-1-5-15(12-16)19(9-3-10-19)18(24)21-11-2-4-14(13-21)7-8-17(22)23/h1,5-6,12,14H,2-4,7-11,13H2,(H,22,23)/t14-/m1/s1. The van der Waals surface area contributed by atoms with Gasteiger partial charge in [0.2, 0.25) is 5.91 Å². The zero-order chi connectivity index (χ0) is 17.2. The van der Waals surface area contributed by atoms with Crippen molar-refractivity contribution in [2.75, 3.05) is 13.1 Å². The fraction of sp³-hybridized carbons (Fsp3) is 0.579. The Labute approximate surface area is 141 Å². The Morgan fingerprint density at radius 1 is 1.29 bits per heavy atom. The van der Waals surface area contributed by atoms with E-state index in [0.29, 0.717) is 13.0 Å². The molecule has 4 nitrogen and oxygen atoms in total. The lowest BCUT2D eigenvalue weighted by Gasteiger charge is -2.46. The number of hydrogen-bond acceptors (Lipinski definition) is 2. The van der Waals surface area contributed by atoms with Crippen LogP contribution in [0.1, 0.15) is 50.5 Å². The Morgan fingerprint density at radius 3 is 2.71 bits per heavy atom. The molecule has 1 saturated heterocycles. The summed E-state index contributed by atoms with van der Waals surface area (Å²) < 4.78 is 13.6. The molecule has 0 spiro atoms. The van der Waals surface area contributed by atoms with Gasteiger partial charge in [-0.15, -0.1) is 0 Å². The molecule has 2 aliphatic rings. The maximum absolute atomic E-state index is 13.6. The number of carbonyl (C=O) groups excluding carboxylic acids is 1. The second kappa shape index (κ2) is 6.91. The van der Waals surface area contributed by atoms with E-state index in [1.165, 1.54) is 12.1 Å². The number of likely N-dealkylation sites (tertiary alicyclic amines) is 1. The van der Waals surface area contributed by atoms with Gasteiger partial charge in [-0.2, -0.15) is 0 Å². The number of benzene rings is 1. The van der Waals surface area contributed by atoms with Crippen LogP contribution in [0, 0.1) is 11.7 Å². The summed E-state index contributed by atoms with van der Waals surface area (Å²) >= 11 is 0. The number of carboxylic acids is 1. The van der Waals surface area contributed by atoms with Crippen LogP contribution in [0.15, 0.2) is 24.3 Å². The zero-order valence-corrected chi connectivity index (χ0v) is 13.8. The Kier molecular flexibility index (Phi) is 4.88. The van der Waals surface area contributed by atoms with Crippen LogP contribution >= 0.6 is 0 Å². The maximum Gasteiger partial charge on any atom is 0.303 e. The van der Waals surface area contributed by atoms with Gasteiger partial charge in [-0.3, -0.25) is 9.59 Å². The van der Waals surface area contributed by atoms with Crippen LogP contribution in [0.5, 0.6) is 0 Å². The molecule has 3 rings (SSSR count). The van der Waals surface area contributed by atoms with Gasteiger partial charge in [0.15, 0.2) is 0 Å². The van der Waals surface area contributed by atoms with Crippen molar-refractivity contribution in [2.45, 2.75) is 50.4 Å². The number of piperidine rings is 1. The number of aliphatic carboxylic acids is 1. The van der Waals surface area contributed by atoms with Crippen molar-refractivity contribution >= 4 is 11.9 Å². The van der Waals surface area contributed by atoms with E-state index in [-0.39, 0.29) is 24.1 Å². The van der Waals surface area contributed by atoms with Crippen molar-refractivity contribution in [2.24, 2.45) is 5.92 Å². The van der Waals surface area contributed by atoms with E-state index in [9.17, 15) is 14.0 Å². The molecule has 1 heterocycles. The van der Waals surface area contributed by atoms with Gasteiger partial charge >= 0.3 is 5.97 Å². The minimum atomic E-state index is -0.784. The van der Waals surface area contributed by atoms with Crippen molar-refractivity contribution in [1.29, 1.82) is 0 Å². The van der Waals surface area contributed by atoms with E-state index in [1.54, 1.807) is 6.07 Å². The number of halogens is 1. The van der Waals surface area contributed by atoms with Crippen LogP contribution in [-0.2, 0) is 15.0 Å². The van der Waals surface area contributed by atoms with Gasteiger partial charge in [0.25, 0.3) is 0 Å². The Balaban J connectivity index is 1.73. The van der Waals surface area contributed by atoms with E-state index in [1.807, 2.05) is 11.0 Å². The van der Waals surface area contributed by atoms with E-state index in [4.69, 9.17) is 5.11 Å². The molecule has 1 aromatic carbocycles. The first-order valence-electron chi connectivity index (χ1n) is 8.78. The first-order valence-corrected chi connectivity index (χ1v) is 8.78. The summed E-state index contributed by atoms with van der Waals surface area (Å²) in [5.74, 6) is -0.735. The number of nitrogens with zero attached hydrogens (tertiary/aromatic N) is 1. The highest BCUT2D eigenvalue weighted by atomic mass is 19.1. The molecule has 1 N–H and O–H groups in total.